The van der Waals surface area contributed by atoms with Crippen LogP contribution in [0.3, 0.4) is 0 Å². The van der Waals surface area contributed by atoms with Gasteiger partial charge < -0.3 is 0 Å². The van der Waals surface area contributed by atoms with E-state index in [2.05, 4.69) is 147 Å². The SMILES string of the molecule is C=C/C(=C\C)c1ccc2c(c1)C1(c3ccccc3-c3ccccc31)c1cc(-c3ccccc3)c3ccccc3c1-2. The Labute approximate surface area is 235 Å². The zero-order chi connectivity index (χ0) is 26.8. The van der Waals surface area contributed by atoms with Crippen molar-refractivity contribution in [1.29, 1.82) is 0 Å². The fourth-order valence-electron chi connectivity index (χ4n) is 7.43. The van der Waals surface area contributed by atoms with Crippen molar-refractivity contribution in [3.8, 4) is 33.4 Å². The molecule has 0 saturated heterocycles. The van der Waals surface area contributed by atoms with Crippen LogP contribution in [-0.4, -0.2) is 0 Å². The molecule has 0 saturated carbocycles. The number of hydrogen-bond donors (Lipinski definition) is 0. The van der Waals surface area contributed by atoms with Crippen molar-refractivity contribution in [3.63, 3.8) is 0 Å². The van der Waals surface area contributed by atoms with Crippen molar-refractivity contribution in [1.82, 2.24) is 0 Å². The lowest BCUT2D eigenvalue weighted by Gasteiger charge is -2.31. The zero-order valence-electron chi connectivity index (χ0n) is 22.5. The first kappa shape index (κ1) is 23.0. The third kappa shape index (κ3) is 2.86. The van der Waals surface area contributed by atoms with E-state index in [1.807, 2.05) is 6.08 Å². The van der Waals surface area contributed by atoms with Gasteiger partial charge in [0.15, 0.2) is 0 Å². The molecule has 0 N–H and O–H groups in total. The second-order valence-electron chi connectivity index (χ2n) is 10.8. The highest BCUT2D eigenvalue weighted by Gasteiger charge is 2.52. The summed E-state index contributed by atoms with van der Waals surface area (Å²) in [5, 5.41) is 2.60. The van der Waals surface area contributed by atoms with Gasteiger partial charge in [-0.05, 0) is 96.6 Å². The highest BCUT2D eigenvalue weighted by atomic mass is 14.5. The maximum absolute atomic E-state index is 4.12. The molecule has 2 aliphatic carbocycles. The summed E-state index contributed by atoms with van der Waals surface area (Å²) in [6.45, 7) is 6.21. The van der Waals surface area contributed by atoms with Crippen LogP contribution in [0.15, 0.2) is 146 Å². The topological polar surface area (TPSA) is 0 Å². The first-order chi connectivity index (χ1) is 19.8. The second-order valence-corrected chi connectivity index (χ2v) is 10.8. The third-order valence-electron chi connectivity index (χ3n) is 9.04. The molecule has 0 radical (unpaired) electrons. The maximum atomic E-state index is 4.12. The Morgan fingerprint density at radius 1 is 0.550 bits per heavy atom. The molecule has 6 aromatic rings. The Kier molecular flexibility index (Phi) is 4.90. The molecule has 6 aromatic carbocycles. The van der Waals surface area contributed by atoms with Gasteiger partial charge in [0.1, 0.15) is 0 Å². The molecule has 0 bridgehead atoms. The fourth-order valence-corrected chi connectivity index (χ4v) is 7.43. The predicted octanol–water partition coefficient (Wildman–Crippen LogP) is 10.4. The Balaban J connectivity index is 1.60. The maximum Gasteiger partial charge on any atom is 0.0726 e. The minimum absolute atomic E-state index is 0.401. The van der Waals surface area contributed by atoms with Crippen LogP contribution in [0.5, 0.6) is 0 Å². The predicted molar refractivity (Wildman–Crippen MR) is 170 cm³/mol. The molecule has 2 aliphatic rings. The highest BCUT2D eigenvalue weighted by Crippen LogP contribution is 2.64. The Hall–Kier alpha value is -4.94. The lowest BCUT2D eigenvalue weighted by molar-refractivity contribution is 0.794. The normalized spacial score (nSPS) is 14.1. The van der Waals surface area contributed by atoms with Crippen LogP contribution in [0.1, 0.15) is 34.7 Å². The van der Waals surface area contributed by atoms with Gasteiger partial charge in [-0.1, -0.05) is 134 Å². The Morgan fingerprint density at radius 3 is 1.85 bits per heavy atom. The van der Waals surface area contributed by atoms with Gasteiger partial charge >= 0.3 is 0 Å². The van der Waals surface area contributed by atoms with Crippen molar-refractivity contribution in [2.45, 2.75) is 12.3 Å². The number of fused-ring (bicyclic) bond motifs is 12. The van der Waals surface area contributed by atoms with E-state index in [0.29, 0.717) is 0 Å². The van der Waals surface area contributed by atoms with Gasteiger partial charge in [0.25, 0.3) is 0 Å². The Morgan fingerprint density at radius 2 is 1.18 bits per heavy atom. The van der Waals surface area contributed by atoms with E-state index in [0.717, 1.165) is 5.57 Å². The molecule has 0 heteroatoms. The molecule has 0 aromatic heterocycles. The van der Waals surface area contributed by atoms with Crippen LogP contribution < -0.4 is 0 Å². The molecule has 0 heterocycles. The molecular formula is C40H28. The fraction of sp³-hybridized carbons (Fsp3) is 0.0500. The average molecular weight is 509 g/mol. The quantitative estimate of drug-likeness (QED) is 0.208. The van der Waals surface area contributed by atoms with Gasteiger partial charge in [0, 0.05) is 0 Å². The minimum Gasteiger partial charge on any atom is -0.0985 e. The van der Waals surface area contributed by atoms with E-state index in [-0.39, 0.29) is 0 Å². The molecule has 1 spiro atoms. The van der Waals surface area contributed by atoms with E-state index >= 15 is 0 Å². The number of benzene rings is 6. The standard InChI is InChI=1S/C40H28/c1-3-26(4-2)28-22-23-33-37(24-28)40(35-20-12-10-17-30(35)31-18-11-13-21-36(31)40)38-25-34(27-14-6-5-7-15-27)29-16-8-9-19-32(29)39(33)38/h3-25H,1H2,2H3/b26-4+. The molecule has 0 unspecified atom stereocenters. The van der Waals surface area contributed by atoms with Crippen LogP contribution in [-0.2, 0) is 5.41 Å². The van der Waals surface area contributed by atoms with E-state index < -0.39 is 5.41 Å². The van der Waals surface area contributed by atoms with E-state index in [4.69, 9.17) is 0 Å². The van der Waals surface area contributed by atoms with Gasteiger partial charge in [0.05, 0.1) is 5.41 Å². The van der Waals surface area contributed by atoms with Gasteiger partial charge in [-0.2, -0.15) is 0 Å². The number of allylic oxidation sites excluding steroid dienone is 3. The molecule has 0 amide bonds. The van der Waals surface area contributed by atoms with Crippen LogP contribution in [0, 0.1) is 0 Å². The van der Waals surface area contributed by atoms with Gasteiger partial charge in [-0.3, -0.25) is 0 Å². The molecule has 8 rings (SSSR count). The highest BCUT2D eigenvalue weighted by molar-refractivity contribution is 6.11. The lowest BCUT2D eigenvalue weighted by Crippen LogP contribution is -2.26. The van der Waals surface area contributed by atoms with Crippen LogP contribution >= 0.6 is 0 Å². The summed E-state index contributed by atoms with van der Waals surface area (Å²) in [7, 11) is 0. The molecule has 0 aliphatic heterocycles. The summed E-state index contributed by atoms with van der Waals surface area (Å²) in [5.41, 5.74) is 15.3. The molecule has 0 nitrogen and oxygen atoms in total. The van der Waals surface area contributed by atoms with Crippen LogP contribution in [0.2, 0.25) is 0 Å². The summed E-state index contributed by atoms with van der Waals surface area (Å²) in [6.07, 6.45) is 4.12. The van der Waals surface area contributed by atoms with Crippen molar-refractivity contribution in [3.05, 3.63) is 174 Å². The second kappa shape index (κ2) is 8.53. The summed E-state index contributed by atoms with van der Waals surface area (Å²) in [5.74, 6) is 0. The van der Waals surface area contributed by atoms with Crippen molar-refractivity contribution in [2.24, 2.45) is 0 Å². The van der Waals surface area contributed by atoms with E-state index in [1.54, 1.807) is 0 Å². The monoisotopic (exact) mass is 508 g/mol. The smallest absolute Gasteiger partial charge is 0.0726 e. The average Bonchev–Trinajstić information content (AvgIpc) is 3.49. The minimum atomic E-state index is -0.401. The molecule has 40 heavy (non-hydrogen) atoms. The van der Waals surface area contributed by atoms with Gasteiger partial charge in [-0.25, -0.2) is 0 Å². The van der Waals surface area contributed by atoms with Crippen LogP contribution in [0.4, 0.5) is 0 Å². The summed E-state index contributed by atoms with van der Waals surface area (Å²) < 4.78 is 0. The van der Waals surface area contributed by atoms with Gasteiger partial charge in [-0.15, -0.1) is 0 Å². The summed E-state index contributed by atoms with van der Waals surface area (Å²) in [4.78, 5) is 0. The molecule has 0 atom stereocenters. The van der Waals surface area contributed by atoms with Crippen LogP contribution in [0.25, 0.3) is 49.7 Å². The van der Waals surface area contributed by atoms with E-state index in [1.165, 1.54) is 72.0 Å². The molecule has 188 valence electrons. The first-order valence-corrected chi connectivity index (χ1v) is 14.0. The van der Waals surface area contributed by atoms with Crippen molar-refractivity contribution < 1.29 is 0 Å². The first-order valence-electron chi connectivity index (χ1n) is 14.0. The summed E-state index contributed by atoms with van der Waals surface area (Å²) in [6, 6.07) is 47.4. The van der Waals surface area contributed by atoms with Crippen molar-refractivity contribution in [2.75, 3.05) is 0 Å². The number of rotatable bonds is 3. The van der Waals surface area contributed by atoms with E-state index in [9.17, 15) is 0 Å². The molecule has 0 fully saturated rings. The third-order valence-corrected chi connectivity index (χ3v) is 9.04. The largest absolute Gasteiger partial charge is 0.0985 e. The van der Waals surface area contributed by atoms with Gasteiger partial charge in [0.2, 0.25) is 0 Å². The van der Waals surface area contributed by atoms with Crippen molar-refractivity contribution >= 4 is 16.3 Å². The molecular weight excluding hydrogens is 480 g/mol. The summed E-state index contributed by atoms with van der Waals surface area (Å²) >= 11 is 0. The zero-order valence-corrected chi connectivity index (χ0v) is 22.5. The number of hydrogen-bond acceptors (Lipinski definition) is 0. The lowest BCUT2D eigenvalue weighted by atomic mass is 9.69. The Bertz CT molecular complexity index is 1970.